The molecule has 0 rings (SSSR count). The molecule has 0 fully saturated rings. The molecule has 0 aromatic rings. The number of hydroxylamine groups is 2. The Balaban J connectivity index is 3.25. The minimum Gasteiger partial charge on any atom is -0.756 e. The molecule has 0 aromatic carbocycles. The van der Waals surface area contributed by atoms with Gasteiger partial charge < -0.3 is 15.2 Å². The fourth-order valence-electron chi connectivity index (χ4n) is 3.43. The van der Waals surface area contributed by atoms with Crippen molar-refractivity contribution >= 4 is 5.91 Å². The number of unbranched alkanes of at least 4 members (excludes halogenated alkanes) is 14. The second-order valence-electron chi connectivity index (χ2n) is 8.35. The molecule has 0 aliphatic rings. The summed E-state index contributed by atoms with van der Waals surface area (Å²) in [6.07, 6.45) is 20.9. The van der Waals surface area contributed by atoms with Gasteiger partial charge in [0, 0.05) is 13.0 Å². The van der Waals surface area contributed by atoms with E-state index in [2.05, 4.69) is 6.92 Å². The second-order valence-corrected chi connectivity index (χ2v) is 8.35. The highest BCUT2D eigenvalue weighted by molar-refractivity contribution is 5.76. The molecule has 4 heteroatoms. The molecule has 0 saturated carbocycles. The number of hydrogen-bond acceptors (Lipinski definition) is 3. The van der Waals surface area contributed by atoms with Crippen LogP contribution < -0.4 is 0 Å². The van der Waals surface area contributed by atoms with Gasteiger partial charge in [0.15, 0.2) is 0 Å². The largest absolute Gasteiger partial charge is 0.756 e. The zero-order valence-electron chi connectivity index (χ0n) is 18.6. The van der Waals surface area contributed by atoms with Gasteiger partial charge in [0.1, 0.15) is 0 Å². The zero-order chi connectivity index (χ0) is 20.2. The molecule has 0 aromatic heterocycles. The highest BCUT2D eigenvalue weighted by Crippen LogP contribution is 2.14. The van der Waals surface area contributed by atoms with Gasteiger partial charge in [-0.05, 0) is 33.5 Å². The van der Waals surface area contributed by atoms with Crippen molar-refractivity contribution in [1.29, 1.82) is 0 Å². The van der Waals surface area contributed by atoms with Gasteiger partial charge in [-0.2, -0.15) is 0 Å². The van der Waals surface area contributed by atoms with Crippen LogP contribution in [-0.2, 0) is 4.79 Å². The van der Waals surface area contributed by atoms with Crippen LogP contribution >= 0.6 is 0 Å². The van der Waals surface area contributed by atoms with Crippen LogP contribution in [0.3, 0.4) is 0 Å². The molecule has 1 amide bonds. The Morgan fingerprint density at radius 1 is 0.630 bits per heavy atom. The van der Waals surface area contributed by atoms with Crippen LogP contribution in [0, 0.1) is 5.21 Å². The van der Waals surface area contributed by atoms with Crippen molar-refractivity contribution < 1.29 is 4.79 Å². The summed E-state index contributed by atoms with van der Waals surface area (Å²) >= 11 is 0. The van der Waals surface area contributed by atoms with E-state index in [9.17, 15) is 10.0 Å². The second kappa shape index (κ2) is 20.1. The molecule has 0 aliphatic carbocycles. The Bertz CT molecular complexity index is 322. The number of hydrogen-bond donors (Lipinski definition) is 0. The molecule has 0 heterocycles. The van der Waals surface area contributed by atoms with Gasteiger partial charge in [-0.25, -0.2) is 0 Å². The lowest BCUT2D eigenvalue weighted by atomic mass is 10.0. The monoisotopic (exact) mass is 383 g/mol. The van der Waals surface area contributed by atoms with Crippen LogP contribution in [0.1, 0.15) is 116 Å². The maximum Gasteiger partial charge on any atom is 0.212 e. The fraction of sp³-hybridized carbons (Fsp3) is 0.957. The van der Waals surface area contributed by atoms with Gasteiger partial charge in [-0.3, -0.25) is 4.79 Å². The molecule has 4 nitrogen and oxygen atoms in total. The molecular weight excluding hydrogens is 336 g/mol. The molecule has 0 saturated heterocycles. The summed E-state index contributed by atoms with van der Waals surface area (Å²) in [6, 6.07) is 0. The maximum atomic E-state index is 11.8. The van der Waals surface area contributed by atoms with E-state index in [0.717, 1.165) is 25.8 Å². The van der Waals surface area contributed by atoms with Crippen molar-refractivity contribution in [3.05, 3.63) is 5.21 Å². The third kappa shape index (κ3) is 19.9. The van der Waals surface area contributed by atoms with Crippen LogP contribution in [0.25, 0.3) is 0 Å². The van der Waals surface area contributed by atoms with Crippen molar-refractivity contribution in [2.45, 2.75) is 116 Å². The number of carbonyl (C=O) groups is 1. The summed E-state index contributed by atoms with van der Waals surface area (Å²) in [4.78, 5) is 13.8. The minimum atomic E-state index is -0.233. The summed E-state index contributed by atoms with van der Waals surface area (Å²) < 4.78 is 0. The molecule has 162 valence electrons. The summed E-state index contributed by atoms with van der Waals surface area (Å²) in [5.41, 5.74) is 0. The minimum absolute atomic E-state index is 0.233. The first kappa shape index (κ1) is 26.4. The molecule has 0 radical (unpaired) electrons. The molecule has 0 atom stereocenters. The maximum absolute atomic E-state index is 11.8. The average molecular weight is 384 g/mol. The van der Waals surface area contributed by atoms with Crippen molar-refractivity contribution in [3.8, 4) is 0 Å². The van der Waals surface area contributed by atoms with E-state index in [-0.39, 0.29) is 5.91 Å². The number of nitrogens with zero attached hydrogens (tertiary/aromatic N) is 2. The van der Waals surface area contributed by atoms with E-state index in [1.807, 2.05) is 19.0 Å². The normalized spacial score (nSPS) is 11.3. The summed E-state index contributed by atoms with van der Waals surface area (Å²) in [5.74, 6) is -0.233. The smallest absolute Gasteiger partial charge is 0.212 e. The number of rotatable bonds is 20. The summed E-state index contributed by atoms with van der Waals surface area (Å²) in [7, 11) is 3.96. The summed E-state index contributed by atoms with van der Waals surface area (Å²) in [6.45, 7) is 3.45. The lowest BCUT2D eigenvalue weighted by Gasteiger charge is -2.28. The van der Waals surface area contributed by atoms with E-state index >= 15 is 0 Å². The lowest BCUT2D eigenvalue weighted by Crippen LogP contribution is -2.28. The Morgan fingerprint density at radius 3 is 1.44 bits per heavy atom. The first-order valence-electron chi connectivity index (χ1n) is 11.7. The lowest BCUT2D eigenvalue weighted by molar-refractivity contribution is -0.128. The van der Waals surface area contributed by atoms with Gasteiger partial charge in [-0.15, -0.1) is 0 Å². The van der Waals surface area contributed by atoms with Crippen molar-refractivity contribution in [2.75, 3.05) is 27.2 Å². The summed E-state index contributed by atoms with van der Waals surface area (Å²) in [5, 5.41) is 12.3. The predicted octanol–water partition coefficient (Wildman–Crippen LogP) is 6.53. The van der Waals surface area contributed by atoms with E-state index in [1.54, 1.807) is 0 Å². The molecule has 0 spiro atoms. The van der Waals surface area contributed by atoms with Crippen LogP contribution in [0.5, 0.6) is 0 Å². The van der Waals surface area contributed by atoms with Crippen LogP contribution in [0.4, 0.5) is 0 Å². The Hall–Kier alpha value is -0.610. The first-order valence-corrected chi connectivity index (χ1v) is 11.7. The molecule has 0 bridgehead atoms. The zero-order valence-corrected chi connectivity index (χ0v) is 18.6. The van der Waals surface area contributed by atoms with Crippen LogP contribution in [-0.4, -0.2) is 43.1 Å². The van der Waals surface area contributed by atoms with Gasteiger partial charge in [0.25, 0.3) is 0 Å². The fourth-order valence-corrected chi connectivity index (χ4v) is 3.43. The molecular formula is C23H47N2O2-. The Morgan fingerprint density at radius 2 is 1.04 bits per heavy atom. The third-order valence-electron chi connectivity index (χ3n) is 5.24. The van der Waals surface area contributed by atoms with Crippen LogP contribution in [0.15, 0.2) is 0 Å². The van der Waals surface area contributed by atoms with Gasteiger partial charge in [0.2, 0.25) is 5.91 Å². The van der Waals surface area contributed by atoms with E-state index < -0.39 is 0 Å². The van der Waals surface area contributed by atoms with Crippen molar-refractivity contribution in [2.24, 2.45) is 0 Å². The standard InChI is InChI=1S/C23H47N2O2/c1-4-5-6-7-8-9-10-11-12-13-14-15-16-17-18-20-23(26)25(27)22-19-21-24(2)3/h4-22H2,1-3H3/q-1. The Labute approximate surface area is 169 Å². The number of amides is 1. The van der Waals surface area contributed by atoms with Gasteiger partial charge >= 0.3 is 0 Å². The Kier molecular flexibility index (Phi) is 19.7. The van der Waals surface area contributed by atoms with Crippen molar-refractivity contribution in [3.63, 3.8) is 0 Å². The molecule has 0 N–H and O–H groups in total. The van der Waals surface area contributed by atoms with E-state index in [4.69, 9.17) is 0 Å². The highest BCUT2D eigenvalue weighted by atomic mass is 16.5. The van der Waals surface area contributed by atoms with Crippen molar-refractivity contribution in [1.82, 2.24) is 9.96 Å². The molecule has 0 unspecified atom stereocenters. The number of carbonyl (C=O) groups excluding carboxylic acids is 1. The average Bonchev–Trinajstić information content (AvgIpc) is 2.64. The van der Waals surface area contributed by atoms with E-state index in [1.165, 1.54) is 83.5 Å². The van der Waals surface area contributed by atoms with Gasteiger partial charge in [0.05, 0.1) is 0 Å². The highest BCUT2D eigenvalue weighted by Gasteiger charge is 2.04. The third-order valence-corrected chi connectivity index (χ3v) is 5.24. The SMILES string of the molecule is CCCCCCCCCCCCCCCCCC(=O)N([O-])CCCN(C)C. The van der Waals surface area contributed by atoms with E-state index in [0.29, 0.717) is 18.0 Å². The van der Waals surface area contributed by atoms with Gasteiger partial charge in [-0.1, -0.05) is 96.8 Å². The molecule has 27 heavy (non-hydrogen) atoms. The van der Waals surface area contributed by atoms with Crippen LogP contribution in [0.2, 0.25) is 0 Å². The quantitative estimate of drug-likeness (QED) is 0.177. The first-order chi connectivity index (χ1) is 13.1. The predicted molar refractivity (Wildman–Crippen MR) is 118 cm³/mol. The topological polar surface area (TPSA) is 46.6 Å². The molecule has 0 aliphatic heterocycles.